The van der Waals surface area contributed by atoms with Crippen molar-refractivity contribution in [2.24, 2.45) is 23.7 Å². The van der Waals surface area contributed by atoms with Crippen LogP contribution in [0.25, 0.3) is 0 Å². The largest absolute Gasteiger partial charge is 0.423 e. The van der Waals surface area contributed by atoms with Crippen molar-refractivity contribution in [2.75, 3.05) is 4.90 Å². The molecule has 142 valence electrons. The Balaban J connectivity index is 1.40. The fourth-order valence-corrected chi connectivity index (χ4v) is 5.23. The van der Waals surface area contributed by atoms with Crippen LogP contribution in [0.3, 0.4) is 0 Å². The smallest absolute Gasteiger partial charge is 0.343 e. The number of imide groups is 1. The molecule has 2 saturated carbocycles. The Bertz CT molecular complexity index is 958. The number of esters is 1. The van der Waals surface area contributed by atoms with Gasteiger partial charge in [-0.05, 0) is 73.6 Å². The lowest BCUT2D eigenvalue weighted by Crippen LogP contribution is -2.32. The summed E-state index contributed by atoms with van der Waals surface area (Å²) < 4.78 is 5.36. The summed E-state index contributed by atoms with van der Waals surface area (Å²) in [4.78, 5) is 39.7. The zero-order chi connectivity index (χ0) is 19.4. The van der Waals surface area contributed by atoms with Gasteiger partial charge in [0.2, 0.25) is 11.8 Å². The highest BCUT2D eigenvalue weighted by molar-refractivity contribution is 6.30. The molecule has 0 aromatic heterocycles. The zero-order valence-corrected chi connectivity index (χ0v) is 15.8. The first-order chi connectivity index (χ1) is 13.5. The Hall–Kier alpha value is -2.66. The standard InChI is InChI=1S/C22H18ClNO4/c23-15-6-8-17(9-7-15)28-22(27)14-2-1-3-16(11-14)24-20(25)18-12-4-5-13(10-12)19(18)21(24)26/h1-3,6-9,11-13,18-19H,4-5,10H2/t12-,13-,18+,19+/m0/s1. The molecule has 5 rings (SSSR count). The van der Waals surface area contributed by atoms with Crippen LogP contribution < -0.4 is 9.64 Å². The fraction of sp³-hybridized carbons (Fsp3) is 0.318. The van der Waals surface area contributed by atoms with Gasteiger partial charge in [0, 0.05) is 5.02 Å². The van der Waals surface area contributed by atoms with E-state index in [1.54, 1.807) is 48.5 Å². The van der Waals surface area contributed by atoms with Crippen molar-refractivity contribution in [3.63, 3.8) is 0 Å². The third kappa shape index (κ3) is 2.65. The van der Waals surface area contributed by atoms with E-state index in [-0.39, 0.29) is 29.2 Å². The van der Waals surface area contributed by atoms with Crippen molar-refractivity contribution in [1.82, 2.24) is 0 Å². The van der Waals surface area contributed by atoms with E-state index in [1.165, 1.54) is 4.90 Å². The van der Waals surface area contributed by atoms with Crippen molar-refractivity contribution in [3.05, 3.63) is 59.1 Å². The maximum Gasteiger partial charge on any atom is 0.343 e. The normalized spacial score (nSPS) is 28.0. The van der Waals surface area contributed by atoms with Crippen LogP contribution >= 0.6 is 11.6 Å². The van der Waals surface area contributed by atoms with Crippen LogP contribution in [-0.4, -0.2) is 17.8 Å². The first-order valence-electron chi connectivity index (χ1n) is 9.48. The maximum atomic E-state index is 13.0. The highest BCUT2D eigenvalue weighted by atomic mass is 35.5. The Morgan fingerprint density at radius 1 is 0.964 bits per heavy atom. The van der Waals surface area contributed by atoms with Crippen LogP contribution in [0, 0.1) is 23.7 Å². The minimum atomic E-state index is -0.552. The molecule has 28 heavy (non-hydrogen) atoms. The SMILES string of the molecule is O=C(Oc1ccc(Cl)cc1)c1cccc(N2C(=O)[C@@H]3[C@H]4CC[C@@H](C4)[C@H]3C2=O)c1. The molecule has 0 unspecified atom stereocenters. The topological polar surface area (TPSA) is 63.7 Å². The monoisotopic (exact) mass is 395 g/mol. The van der Waals surface area contributed by atoms with Gasteiger partial charge in [0.1, 0.15) is 5.75 Å². The highest BCUT2D eigenvalue weighted by Gasteiger charge is 2.61. The molecule has 0 spiro atoms. The summed E-state index contributed by atoms with van der Waals surface area (Å²) in [6.45, 7) is 0. The number of hydrogen-bond acceptors (Lipinski definition) is 4. The van der Waals surface area contributed by atoms with Crippen molar-refractivity contribution in [3.8, 4) is 5.75 Å². The first kappa shape index (κ1) is 17.4. The summed E-state index contributed by atoms with van der Waals surface area (Å²) >= 11 is 5.84. The minimum Gasteiger partial charge on any atom is -0.423 e. The van der Waals surface area contributed by atoms with E-state index in [1.807, 2.05) is 0 Å². The molecule has 2 bridgehead atoms. The lowest BCUT2D eigenvalue weighted by molar-refractivity contribution is -0.123. The third-order valence-corrected chi connectivity index (χ3v) is 6.54. The van der Waals surface area contributed by atoms with Gasteiger partial charge in [0.05, 0.1) is 23.1 Å². The van der Waals surface area contributed by atoms with Gasteiger partial charge in [-0.3, -0.25) is 14.5 Å². The summed E-state index contributed by atoms with van der Waals surface area (Å²) in [5.74, 6) is -0.130. The quantitative estimate of drug-likeness (QED) is 0.446. The summed E-state index contributed by atoms with van der Waals surface area (Å²) in [5, 5.41) is 0.548. The van der Waals surface area contributed by atoms with Crippen molar-refractivity contribution < 1.29 is 19.1 Å². The van der Waals surface area contributed by atoms with Crippen LogP contribution in [0.15, 0.2) is 48.5 Å². The zero-order valence-electron chi connectivity index (χ0n) is 15.0. The Morgan fingerprint density at radius 3 is 2.25 bits per heavy atom. The number of benzene rings is 2. The van der Waals surface area contributed by atoms with Crippen molar-refractivity contribution in [2.45, 2.75) is 19.3 Å². The molecule has 4 atom stereocenters. The lowest BCUT2D eigenvalue weighted by Gasteiger charge is -2.19. The van der Waals surface area contributed by atoms with E-state index in [4.69, 9.17) is 16.3 Å². The van der Waals surface area contributed by atoms with Gasteiger partial charge in [0.25, 0.3) is 0 Å². The number of anilines is 1. The van der Waals surface area contributed by atoms with Crippen LogP contribution in [0.5, 0.6) is 5.75 Å². The second-order valence-electron chi connectivity index (χ2n) is 7.79. The Labute approximate surface area is 167 Å². The molecule has 3 fully saturated rings. The van der Waals surface area contributed by atoms with E-state index in [0.29, 0.717) is 28.3 Å². The molecule has 0 N–H and O–H groups in total. The van der Waals surface area contributed by atoms with E-state index >= 15 is 0 Å². The Morgan fingerprint density at radius 2 is 1.61 bits per heavy atom. The highest BCUT2D eigenvalue weighted by Crippen LogP contribution is 2.56. The van der Waals surface area contributed by atoms with Gasteiger partial charge in [-0.25, -0.2) is 4.79 Å². The summed E-state index contributed by atoms with van der Waals surface area (Å²) in [6, 6.07) is 13.0. The van der Waals surface area contributed by atoms with Crippen molar-refractivity contribution in [1.29, 1.82) is 0 Å². The van der Waals surface area contributed by atoms with Gasteiger partial charge in [-0.1, -0.05) is 17.7 Å². The molecule has 1 heterocycles. The van der Waals surface area contributed by atoms with Gasteiger partial charge in [-0.15, -0.1) is 0 Å². The van der Waals surface area contributed by atoms with Crippen LogP contribution in [0.2, 0.25) is 5.02 Å². The van der Waals surface area contributed by atoms with Gasteiger partial charge >= 0.3 is 5.97 Å². The van der Waals surface area contributed by atoms with Crippen LogP contribution in [0.4, 0.5) is 5.69 Å². The van der Waals surface area contributed by atoms with Gasteiger partial charge in [-0.2, -0.15) is 0 Å². The third-order valence-electron chi connectivity index (χ3n) is 6.29. The van der Waals surface area contributed by atoms with Crippen LogP contribution in [0.1, 0.15) is 29.6 Å². The van der Waals surface area contributed by atoms with E-state index in [9.17, 15) is 14.4 Å². The average molecular weight is 396 g/mol. The van der Waals surface area contributed by atoms with Crippen LogP contribution in [-0.2, 0) is 9.59 Å². The lowest BCUT2D eigenvalue weighted by atomic mass is 9.81. The van der Waals surface area contributed by atoms with E-state index in [0.717, 1.165) is 19.3 Å². The molecule has 2 aromatic carbocycles. The molecule has 5 nitrogen and oxygen atoms in total. The molecule has 1 saturated heterocycles. The summed E-state index contributed by atoms with van der Waals surface area (Å²) in [5.41, 5.74) is 0.724. The summed E-state index contributed by atoms with van der Waals surface area (Å²) in [7, 11) is 0. The first-order valence-corrected chi connectivity index (χ1v) is 9.86. The predicted octanol–water partition coefficient (Wildman–Crippen LogP) is 4.09. The van der Waals surface area contributed by atoms with Crippen molar-refractivity contribution >= 4 is 35.1 Å². The molecule has 6 heteroatoms. The number of fused-ring (bicyclic) bond motifs is 5. The Kier molecular flexibility index (Phi) is 4.02. The molecule has 1 aliphatic heterocycles. The summed E-state index contributed by atoms with van der Waals surface area (Å²) in [6.07, 6.45) is 3.06. The minimum absolute atomic E-state index is 0.120. The van der Waals surface area contributed by atoms with E-state index in [2.05, 4.69) is 0 Å². The van der Waals surface area contributed by atoms with E-state index < -0.39 is 5.97 Å². The number of hydrogen-bond donors (Lipinski definition) is 0. The fourth-order valence-electron chi connectivity index (χ4n) is 5.10. The molecular weight excluding hydrogens is 378 g/mol. The number of ether oxygens (including phenoxy) is 1. The number of nitrogens with zero attached hydrogens (tertiary/aromatic N) is 1. The molecule has 2 aromatic rings. The molecule has 0 radical (unpaired) electrons. The maximum absolute atomic E-state index is 13.0. The second-order valence-corrected chi connectivity index (χ2v) is 8.23. The molecule has 2 aliphatic carbocycles. The molecule has 3 aliphatic rings. The number of carbonyl (C=O) groups is 3. The van der Waals surface area contributed by atoms with Gasteiger partial charge < -0.3 is 4.74 Å². The second kappa shape index (κ2) is 6.45. The number of halogens is 1. The predicted molar refractivity (Wildman–Crippen MR) is 103 cm³/mol. The number of rotatable bonds is 3. The number of carbonyl (C=O) groups excluding carboxylic acids is 3. The average Bonchev–Trinajstić information content (AvgIpc) is 3.37. The molecular formula is C22H18ClNO4. The number of amides is 2. The van der Waals surface area contributed by atoms with Gasteiger partial charge in [0.15, 0.2) is 0 Å². The molecule has 2 amide bonds.